The summed E-state index contributed by atoms with van der Waals surface area (Å²) in [5.74, 6) is 0.372. The van der Waals surface area contributed by atoms with E-state index in [1.54, 1.807) is 30.3 Å². The summed E-state index contributed by atoms with van der Waals surface area (Å²) in [7, 11) is 0. The fourth-order valence-corrected chi connectivity index (χ4v) is 1.37. The predicted octanol–water partition coefficient (Wildman–Crippen LogP) is 1.84. The number of nitrogens with two attached hydrogens (primary N) is 1. The quantitative estimate of drug-likeness (QED) is 0.884. The first kappa shape index (κ1) is 11.6. The molecule has 0 spiro atoms. The summed E-state index contributed by atoms with van der Waals surface area (Å²) >= 11 is 0. The summed E-state index contributed by atoms with van der Waals surface area (Å²) in [5, 5.41) is 8.89. The van der Waals surface area contributed by atoms with E-state index in [-0.39, 0.29) is 0 Å². The number of nitriles is 1. The molecule has 5 nitrogen and oxygen atoms in total. The van der Waals surface area contributed by atoms with E-state index in [0.717, 1.165) is 0 Å². The van der Waals surface area contributed by atoms with Gasteiger partial charge in [0.15, 0.2) is 5.75 Å². The number of ether oxygens (including phenoxy) is 1. The van der Waals surface area contributed by atoms with Crippen molar-refractivity contribution in [3.05, 3.63) is 53.9 Å². The van der Waals surface area contributed by atoms with Gasteiger partial charge in [-0.1, -0.05) is 0 Å². The van der Waals surface area contributed by atoms with Crippen LogP contribution in [-0.4, -0.2) is 10.9 Å². The van der Waals surface area contributed by atoms with Crippen molar-refractivity contribution < 1.29 is 9.53 Å². The van der Waals surface area contributed by atoms with Gasteiger partial charge in [0, 0.05) is 11.8 Å². The Morgan fingerprint density at radius 3 is 2.61 bits per heavy atom. The van der Waals surface area contributed by atoms with Crippen molar-refractivity contribution in [2.75, 3.05) is 0 Å². The molecule has 0 saturated heterocycles. The average Bonchev–Trinajstić information content (AvgIpc) is 2.40. The van der Waals surface area contributed by atoms with Crippen LogP contribution in [0.25, 0.3) is 0 Å². The number of amides is 1. The number of primary amides is 1. The molecular formula is C13H9N3O2. The van der Waals surface area contributed by atoms with Gasteiger partial charge in [0.25, 0.3) is 0 Å². The lowest BCUT2D eigenvalue weighted by Gasteiger charge is -2.06. The summed E-state index contributed by atoms with van der Waals surface area (Å²) < 4.78 is 5.50. The van der Waals surface area contributed by atoms with E-state index in [1.807, 2.05) is 6.07 Å². The first-order chi connectivity index (χ1) is 8.70. The Balaban J connectivity index is 2.24. The van der Waals surface area contributed by atoms with Gasteiger partial charge in [0.1, 0.15) is 11.8 Å². The Labute approximate surface area is 103 Å². The predicted molar refractivity (Wildman–Crippen MR) is 64.0 cm³/mol. The number of hydrogen-bond acceptors (Lipinski definition) is 4. The van der Waals surface area contributed by atoms with Gasteiger partial charge in [-0.05, 0) is 30.3 Å². The van der Waals surface area contributed by atoms with Crippen LogP contribution in [0.2, 0.25) is 0 Å². The van der Waals surface area contributed by atoms with E-state index in [4.69, 9.17) is 15.7 Å². The molecule has 2 rings (SSSR count). The van der Waals surface area contributed by atoms with E-state index in [1.165, 1.54) is 12.4 Å². The Morgan fingerprint density at radius 1 is 1.28 bits per heavy atom. The van der Waals surface area contributed by atoms with Crippen LogP contribution >= 0.6 is 0 Å². The second-order valence-electron chi connectivity index (χ2n) is 3.47. The molecule has 0 unspecified atom stereocenters. The molecule has 18 heavy (non-hydrogen) atoms. The molecule has 0 radical (unpaired) electrons. The minimum Gasteiger partial charge on any atom is -0.454 e. The molecule has 0 saturated carbocycles. The molecular weight excluding hydrogens is 230 g/mol. The summed E-state index contributed by atoms with van der Waals surface area (Å²) in [6, 6.07) is 9.89. The van der Waals surface area contributed by atoms with Crippen LogP contribution < -0.4 is 10.5 Å². The second-order valence-corrected chi connectivity index (χ2v) is 3.47. The Kier molecular flexibility index (Phi) is 3.21. The number of hydrogen-bond donors (Lipinski definition) is 1. The number of benzene rings is 1. The first-order valence-corrected chi connectivity index (χ1v) is 5.12. The van der Waals surface area contributed by atoms with Gasteiger partial charge in [0.05, 0.1) is 11.8 Å². The highest BCUT2D eigenvalue weighted by Crippen LogP contribution is 2.23. The molecule has 0 atom stereocenters. The molecule has 1 heterocycles. The minimum absolute atomic E-state index is 0.367. The van der Waals surface area contributed by atoms with Gasteiger partial charge < -0.3 is 10.5 Å². The van der Waals surface area contributed by atoms with Crippen molar-refractivity contribution in [1.29, 1.82) is 5.26 Å². The monoisotopic (exact) mass is 239 g/mol. The zero-order chi connectivity index (χ0) is 13.0. The number of rotatable bonds is 3. The smallest absolute Gasteiger partial charge is 0.248 e. The molecule has 0 aliphatic heterocycles. The van der Waals surface area contributed by atoms with Crippen LogP contribution in [0, 0.1) is 11.3 Å². The topological polar surface area (TPSA) is 89.0 Å². The summed E-state index contributed by atoms with van der Waals surface area (Å²) in [5.41, 5.74) is 5.92. The van der Waals surface area contributed by atoms with Crippen LogP contribution in [0.1, 0.15) is 15.9 Å². The van der Waals surface area contributed by atoms with Crippen LogP contribution in [0.5, 0.6) is 11.5 Å². The number of carbonyl (C=O) groups excluding carboxylic acids is 1. The van der Waals surface area contributed by atoms with Gasteiger partial charge in [-0.15, -0.1) is 0 Å². The van der Waals surface area contributed by atoms with Crippen LogP contribution in [0.15, 0.2) is 42.7 Å². The molecule has 2 N–H and O–H groups in total. The van der Waals surface area contributed by atoms with E-state index >= 15 is 0 Å². The van der Waals surface area contributed by atoms with Crippen molar-refractivity contribution in [1.82, 2.24) is 4.98 Å². The highest BCUT2D eigenvalue weighted by atomic mass is 16.5. The van der Waals surface area contributed by atoms with Gasteiger partial charge in [-0.3, -0.25) is 9.78 Å². The molecule has 0 aliphatic rings. The van der Waals surface area contributed by atoms with Gasteiger partial charge in [-0.2, -0.15) is 5.26 Å². The Hall–Kier alpha value is -2.87. The van der Waals surface area contributed by atoms with Gasteiger partial charge >= 0.3 is 0 Å². The van der Waals surface area contributed by atoms with E-state index in [0.29, 0.717) is 22.6 Å². The molecule has 1 amide bonds. The highest BCUT2D eigenvalue weighted by molar-refractivity contribution is 5.92. The van der Waals surface area contributed by atoms with Crippen molar-refractivity contribution in [3.8, 4) is 17.6 Å². The van der Waals surface area contributed by atoms with Gasteiger partial charge in [-0.25, -0.2) is 0 Å². The summed E-state index contributed by atoms with van der Waals surface area (Å²) in [4.78, 5) is 14.8. The van der Waals surface area contributed by atoms with Crippen LogP contribution in [-0.2, 0) is 0 Å². The lowest BCUT2D eigenvalue weighted by atomic mass is 10.2. The molecule has 1 aromatic heterocycles. The molecule has 2 aromatic rings. The third-order valence-electron chi connectivity index (χ3n) is 2.27. The normalized spacial score (nSPS) is 9.50. The average molecular weight is 239 g/mol. The number of carbonyl (C=O) groups is 1. The summed E-state index contributed by atoms with van der Waals surface area (Å²) in [6.45, 7) is 0. The van der Waals surface area contributed by atoms with E-state index in [2.05, 4.69) is 4.98 Å². The largest absolute Gasteiger partial charge is 0.454 e. The zero-order valence-electron chi connectivity index (χ0n) is 9.33. The van der Waals surface area contributed by atoms with E-state index in [9.17, 15) is 4.79 Å². The Morgan fingerprint density at radius 2 is 2.00 bits per heavy atom. The molecule has 0 fully saturated rings. The lowest BCUT2D eigenvalue weighted by Crippen LogP contribution is -2.10. The third kappa shape index (κ3) is 2.44. The first-order valence-electron chi connectivity index (χ1n) is 5.12. The standard InChI is InChI=1S/C13H9N3O2/c14-7-10-5-6-16-8-12(10)18-11-3-1-9(2-4-11)13(15)17/h1-6,8H,(H2,15,17). The van der Waals surface area contributed by atoms with Crippen molar-refractivity contribution >= 4 is 5.91 Å². The SMILES string of the molecule is N#Cc1ccncc1Oc1ccc(C(N)=O)cc1. The van der Waals surface area contributed by atoms with Crippen LogP contribution in [0.3, 0.4) is 0 Å². The lowest BCUT2D eigenvalue weighted by molar-refractivity contribution is 0.100. The van der Waals surface area contributed by atoms with Crippen molar-refractivity contribution in [2.24, 2.45) is 5.73 Å². The van der Waals surface area contributed by atoms with Crippen molar-refractivity contribution in [3.63, 3.8) is 0 Å². The second kappa shape index (κ2) is 4.97. The molecule has 0 aliphatic carbocycles. The van der Waals surface area contributed by atoms with Crippen molar-refractivity contribution in [2.45, 2.75) is 0 Å². The fraction of sp³-hybridized carbons (Fsp3) is 0. The number of pyridine rings is 1. The maximum absolute atomic E-state index is 10.9. The molecule has 0 bridgehead atoms. The number of aromatic nitrogens is 1. The Bertz CT molecular complexity index is 615. The summed E-state index contributed by atoms with van der Waals surface area (Å²) in [6.07, 6.45) is 2.97. The molecule has 88 valence electrons. The zero-order valence-corrected chi connectivity index (χ0v) is 9.33. The maximum Gasteiger partial charge on any atom is 0.248 e. The number of nitrogens with zero attached hydrogens (tertiary/aromatic N) is 2. The van der Waals surface area contributed by atoms with E-state index < -0.39 is 5.91 Å². The van der Waals surface area contributed by atoms with Crippen LogP contribution in [0.4, 0.5) is 0 Å². The highest BCUT2D eigenvalue weighted by Gasteiger charge is 2.05. The van der Waals surface area contributed by atoms with Gasteiger partial charge in [0.2, 0.25) is 5.91 Å². The minimum atomic E-state index is -0.499. The molecule has 5 heteroatoms. The molecule has 1 aromatic carbocycles. The third-order valence-corrected chi connectivity index (χ3v) is 2.27. The fourth-order valence-electron chi connectivity index (χ4n) is 1.37. The maximum atomic E-state index is 10.9.